The summed E-state index contributed by atoms with van der Waals surface area (Å²) < 4.78 is 0. The van der Waals surface area contributed by atoms with Crippen molar-refractivity contribution in [3.63, 3.8) is 0 Å². The Morgan fingerprint density at radius 1 is 1.17 bits per heavy atom. The summed E-state index contributed by atoms with van der Waals surface area (Å²) in [6.07, 6.45) is 3.27. The molecule has 1 fully saturated rings. The fraction of sp³-hybridized carbons (Fsp3) is 0.542. The smallest absolute Gasteiger partial charge is 0.272 e. The van der Waals surface area contributed by atoms with Crippen LogP contribution in [0.5, 0.6) is 0 Å². The van der Waals surface area contributed by atoms with Crippen molar-refractivity contribution in [2.24, 2.45) is 0 Å². The molecule has 1 aromatic carbocycles. The van der Waals surface area contributed by atoms with Crippen LogP contribution >= 0.6 is 0 Å². The van der Waals surface area contributed by atoms with E-state index in [1.807, 2.05) is 18.7 Å². The van der Waals surface area contributed by atoms with E-state index >= 15 is 0 Å². The molecule has 5 heteroatoms. The van der Waals surface area contributed by atoms with Gasteiger partial charge in [-0.05, 0) is 73.4 Å². The summed E-state index contributed by atoms with van der Waals surface area (Å²) in [7, 11) is 0. The Balaban J connectivity index is 1.70. The molecule has 0 bridgehead atoms. The summed E-state index contributed by atoms with van der Waals surface area (Å²) >= 11 is 0. The normalized spacial score (nSPS) is 19.3. The number of carbonyl (C=O) groups is 1. The van der Waals surface area contributed by atoms with E-state index in [0.29, 0.717) is 24.1 Å². The second-order valence-electron chi connectivity index (χ2n) is 9.52. The molecule has 5 nitrogen and oxygen atoms in total. The number of nitrogens with one attached hydrogen (secondary N) is 1. The molecule has 0 saturated carbocycles. The summed E-state index contributed by atoms with van der Waals surface area (Å²) in [5.74, 6) is 0.658. The molecule has 2 aliphatic heterocycles. The number of benzene rings is 1. The lowest BCUT2D eigenvalue weighted by Crippen LogP contribution is -2.38. The van der Waals surface area contributed by atoms with Gasteiger partial charge in [0.2, 0.25) is 0 Å². The standard InChI is InChI=1S/C24H32N4O/c1-15-11-22(27-16(2)26-15)23(29)28-10-8-17-12-18(24(3,4)5)13-19(20(17)14-28)21-7-6-9-25-21/h11-13,21,25H,6-10,14H2,1-5H3/t21-/m0/s1. The highest BCUT2D eigenvalue weighted by Gasteiger charge is 2.30. The molecule has 1 N–H and O–H groups in total. The van der Waals surface area contributed by atoms with Crippen molar-refractivity contribution in [3.05, 3.63) is 57.7 Å². The van der Waals surface area contributed by atoms with Gasteiger partial charge in [-0.2, -0.15) is 0 Å². The fourth-order valence-electron chi connectivity index (χ4n) is 4.55. The van der Waals surface area contributed by atoms with Crippen molar-refractivity contribution in [3.8, 4) is 0 Å². The predicted octanol–water partition coefficient (Wildman–Crippen LogP) is 4.01. The second kappa shape index (κ2) is 7.52. The summed E-state index contributed by atoms with van der Waals surface area (Å²) in [5, 5.41) is 3.67. The van der Waals surface area contributed by atoms with Crippen LogP contribution in [0, 0.1) is 13.8 Å². The van der Waals surface area contributed by atoms with Gasteiger partial charge in [-0.1, -0.05) is 32.9 Å². The molecule has 2 aliphatic rings. The van der Waals surface area contributed by atoms with Crippen LogP contribution in [-0.2, 0) is 18.4 Å². The molecule has 2 aromatic rings. The van der Waals surface area contributed by atoms with Crippen LogP contribution in [0.25, 0.3) is 0 Å². The van der Waals surface area contributed by atoms with E-state index in [9.17, 15) is 4.79 Å². The largest absolute Gasteiger partial charge is 0.333 e. The lowest BCUT2D eigenvalue weighted by atomic mass is 9.80. The second-order valence-corrected chi connectivity index (χ2v) is 9.52. The SMILES string of the molecule is Cc1cc(C(=O)N2CCc3cc(C(C)(C)C)cc([C@@H]4CCCN4)c3C2)nc(C)n1. The monoisotopic (exact) mass is 392 g/mol. The molecule has 1 amide bonds. The minimum absolute atomic E-state index is 0.00878. The number of hydrogen-bond acceptors (Lipinski definition) is 4. The maximum Gasteiger partial charge on any atom is 0.272 e. The molecule has 3 heterocycles. The van der Waals surface area contributed by atoms with E-state index in [2.05, 4.69) is 48.2 Å². The average molecular weight is 393 g/mol. The maximum absolute atomic E-state index is 13.2. The van der Waals surface area contributed by atoms with Gasteiger partial charge in [0.25, 0.3) is 5.91 Å². The van der Waals surface area contributed by atoms with E-state index in [0.717, 1.165) is 31.6 Å². The zero-order valence-corrected chi connectivity index (χ0v) is 18.3. The Labute approximate surface area is 173 Å². The van der Waals surface area contributed by atoms with Crippen LogP contribution < -0.4 is 5.32 Å². The minimum atomic E-state index is 0.00878. The van der Waals surface area contributed by atoms with Crippen LogP contribution in [0.15, 0.2) is 18.2 Å². The number of fused-ring (bicyclic) bond motifs is 1. The van der Waals surface area contributed by atoms with E-state index in [4.69, 9.17) is 0 Å². The van der Waals surface area contributed by atoms with Gasteiger partial charge < -0.3 is 10.2 Å². The van der Waals surface area contributed by atoms with Crippen LogP contribution in [0.3, 0.4) is 0 Å². The van der Waals surface area contributed by atoms with Gasteiger partial charge in [-0.15, -0.1) is 0 Å². The van der Waals surface area contributed by atoms with Crippen LogP contribution in [-0.4, -0.2) is 33.9 Å². The molecular weight excluding hydrogens is 360 g/mol. The molecule has 0 radical (unpaired) electrons. The van der Waals surface area contributed by atoms with E-state index in [-0.39, 0.29) is 11.3 Å². The van der Waals surface area contributed by atoms with E-state index in [1.54, 1.807) is 6.07 Å². The molecule has 1 saturated heterocycles. The van der Waals surface area contributed by atoms with Crippen molar-refractivity contribution in [1.82, 2.24) is 20.2 Å². The number of amides is 1. The van der Waals surface area contributed by atoms with Crippen molar-refractivity contribution >= 4 is 5.91 Å². The number of aromatic nitrogens is 2. The van der Waals surface area contributed by atoms with Crippen LogP contribution in [0.2, 0.25) is 0 Å². The topological polar surface area (TPSA) is 58.1 Å². The highest BCUT2D eigenvalue weighted by atomic mass is 16.2. The first kappa shape index (κ1) is 20.0. The predicted molar refractivity (Wildman–Crippen MR) is 115 cm³/mol. The number of hydrogen-bond donors (Lipinski definition) is 1. The van der Waals surface area contributed by atoms with Crippen molar-refractivity contribution in [2.75, 3.05) is 13.1 Å². The van der Waals surface area contributed by atoms with E-state index in [1.165, 1.54) is 28.7 Å². The Kier molecular flexibility index (Phi) is 5.19. The minimum Gasteiger partial charge on any atom is -0.333 e. The molecule has 1 atom stereocenters. The third kappa shape index (κ3) is 4.06. The molecule has 4 rings (SSSR count). The fourth-order valence-corrected chi connectivity index (χ4v) is 4.55. The quantitative estimate of drug-likeness (QED) is 0.839. The zero-order chi connectivity index (χ0) is 20.8. The molecule has 154 valence electrons. The van der Waals surface area contributed by atoms with Crippen molar-refractivity contribution in [2.45, 2.75) is 71.9 Å². The van der Waals surface area contributed by atoms with Gasteiger partial charge in [-0.3, -0.25) is 4.79 Å². The molecule has 1 aromatic heterocycles. The number of aryl methyl sites for hydroxylation is 2. The Morgan fingerprint density at radius 2 is 1.97 bits per heavy atom. The number of rotatable bonds is 2. The highest BCUT2D eigenvalue weighted by Crippen LogP contribution is 2.36. The summed E-state index contributed by atoms with van der Waals surface area (Å²) in [6, 6.07) is 6.95. The van der Waals surface area contributed by atoms with Gasteiger partial charge >= 0.3 is 0 Å². The third-order valence-electron chi connectivity index (χ3n) is 6.15. The first-order chi connectivity index (χ1) is 13.7. The van der Waals surface area contributed by atoms with Gasteiger partial charge in [0.05, 0.1) is 0 Å². The van der Waals surface area contributed by atoms with Crippen molar-refractivity contribution in [1.29, 1.82) is 0 Å². The van der Waals surface area contributed by atoms with Gasteiger partial charge in [0.1, 0.15) is 11.5 Å². The zero-order valence-electron chi connectivity index (χ0n) is 18.3. The van der Waals surface area contributed by atoms with Gasteiger partial charge in [0.15, 0.2) is 0 Å². The summed E-state index contributed by atoms with van der Waals surface area (Å²) in [4.78, 5) is 23.9. The first-order valence-electron chi connectivity index (χ1n) is 10.7. The molecular formula is C24H32N4O. The van der Waals surface area contributed by atoms with Crippen LogP contribution in [0.4, 0.5) is 0 Å². The van der Waals surface area contributed by atoms with Crippen LogP contribution in [0.1, 0.15) is 83.9 Å². The third-order valence-corrected chi connectivity index (χ3v) is 6.15. The van der Waals surface area contributed by atoms with Gasteiger partial charge in [0, 0.05) is 24.8 Å². The van der Waals surface area contributed by atoms with E-state index < -0.39 is 0 Å². The molecule has 0 spiro atoms. The summed E-state index contributed by atoms with van der Waals surface area (Å²) in [5.41, 5.74) is 6.97. The lowest BCUT2D eigenvalue weighted by Gasteiger charge is -2.33. The number of carbonyl (C=O) groups excluding carboxylic acids is 1. The molecule has 29 heavy (non-hydrogen) atoms. The highest BCUT2D eigenvalue weighted by molar-refractivity contribution is 5.92. The molecule has 0 aliphatic carbocycles. The maximum atomic E-state index is 13.2. The first-order valence-corrected chi connectivity index (χ1v) is 10.7. The molecule has 0 unspecified atom stereocenters. The lowest BCUT2D eigenvalue weighted by molar-refractivity contribution is 0.0727. The summed E-state index contributed by atoms with van der Waals surface area (Å²) in [6.45, 7) is 13.0. The van der Waals surface area contributed by atoms with Gasteiger partial charge in [-0.25, -0.2) is 9.97 Å². The van der Waals surface area contributed by atoms with Crippen molar-refractivity contribution < 1.29 is 4.79 Å². The Bertz CT molecular complexity index is 918. The number of nitrogens with zero attached hydrogens (tertiary/aromatic N) is 3. The Morgan fingerprint density at radius 3 is 2.62 bits per heavy atom. The Hall–Kier alpha value is -2.27. The average Bonchev–Trinajstić information content (AvgIpc) is 3.19.